The van der Waals surface area contributed by atoms with Crippen LogP contribution in [0.1, 0.15) is 19.8 Å². The van der Waals surface area contributed by atoms with E-state index in [1.165, 1.54) is 6.92 Å². The molecule has 7 heteroatoms. The highest BCUT2D eigenvalue weighted by Crippen LogP contribution is 2.15. The maximum absolute atomic E-state index is 11.6. The van der Waals surface area contributed by atoms with Crippen LogP contribution in [0.4, 0.5) is 0 Å². The van der Waals surface area contributed by atoms with Gasteiger partial charge >= 0.3 is 5.97 Å². The molecule has 16 heavy (non-hydrogen) atoms. The number of sulfonamides is 1. The lowest BCUT2D eigenvalue weighted by Gasteiger charge is -2.22. The van der Waals surface area contributed by atoms with Crippen LogP contribution in [0, 0.1) is 0 Å². The normalized spacial score (nSPS) is 21.5. The summed E-state index contributed by atoms with van der Waals surface area (Å²) in [5.41, 5.74) is 0. The average molecular weight is 251 g/mol. The van der Waals surface area contributed by atoms with E-state index in [9.17, 15) is 13.2 Å². The molecule has 1 aliphatic heterocycles. The van der Waals surface area contributed by atoms with Crippen molar-refractivity contribution in [3.63, 3.8) is 0 Å². The molecule has 1 atom stereocenters. The fraction of sp³-hybridized carbons (Fsp3) is 0.889. The van der Waals surface area contributed by atoms with Crippen molar-refractivity contribution in [2.45, 2.75) is 25.9 Å². The zero-order valence-corrected chi connectivity index (χ0v) is 10.1. The molecule has 0 aromatic carbocycles. The lowest BCUT2D eigenvalue weighted by Crippen LogP contribution is -2.41. The third-order valence-corrected chi connectivity index (χ3v) is 4.30. The van der Waals surface area contributed by atoms with Gasteiger partial charge in [0.25, 0.3) is 0 Å². The fourth-order valence-electron chi connectivity index (χ4n) is 1.63. The van der Waals surface area contributed by atoms with Crippen LogP contribution >= 0.6 is 0 Å². The van der Waals surface area contributed by atoms with Crippen molar-refractivity contribution < 1.29 is 23.1 Å². The molecule has 1 rings (SSSR count). The molecule has 0 amide bonds. The quantitative estimate of drug-likeness (QED) is 0.712. The molecule has 0 aromatic heterocycles. The first-order valence-corrected chi connectivity index (χ1v) is 6.88. The average Bonchev–Trinajstić information content (AvgIpc) is 2.69. The van der Waals surface area contributed by atoms with Crippen molar-refractivity contribution in [3.05, 3.63) is 0 Å². The molecule has 1 fully saturated rings. The summed E-state index contributed by atoms with van der Waals surface area (Å²) in [6.07, 6.45) is 1.52. The highest BCUT2D eigenvalue weighted by atomic mass is 32.2. The first-order valence-electron chi connectivity index (χ1n) is 5.27. The van der Waals surface area contributed by atoms with E-state index < -0.39 is 22.5 Å². The molecule has 6 nitrogen and oxygen atoms in total. The van der Waals surface area contributed by atoms with Crippen molar-refractivity contribution >= 4 is 16.0 Å². The van der Waals surface area contributed by atoms with E-state index in [0.29, 0.717) is 6.61 Å². The second kappa shape index (κ2) is 5.60. The molecular weight excluding hydrogens is 234 g/mol. The molecule has 0 aromatic rings. The van der Waals surface area contributed by atoms with Crippen molar-refractivity contribution in [1.82, 2.24) is 4.31 Å². The Balaban J connectivity index is 2.66. The Kier molecular flexibility index (Phi) is 4.69. The topological polar surface area (TPSA) is 83.9 Å². The van der Waals surface area contributed by atoms with Gasteiger partial charge in [0.1, 0.15) is 6.54 Å². The van der Waals surface area contributed by atoms with Crippen LogP contribution in [0.15, 0.2) is 0 Å². The van der Waals surface area contributed by atoms with E-state index in [4.69, 9.17) is 9.84 Å². The molecule has 1 unspecified atom stereocenters. The van der Waals surface area contributed by atoms with Crippen LogP contribution in [-0.2, 0) is 19.6 Å². The number of carboxylic acid groups (broad SMARTS) is 1. The van der Waals surface area contributed by atoms with Crippen LogP contribution in [0.25, 0.3) is 0 Å². The maximum atomic E-state index is 11.6. The Hall–Kier alpha value is -0.660. The van der Waals surface area contributed by atoms with Crippen molar-refractivity contribution in [1.29, 1.82) is 0 Å². The minimum atomic E-state index is -3.47. The molecule has 0 spiro atoms. The van der Waals surface area contributed by atoms with E-state index in [1.54, 1.807) is 0 Å². The molecule has 1 N–H and O–H groups in total. The van der Waals surface area contributed by atoms with Gasteiger partial charge in [-0.3, -0.25) is 4.79 Å². The molecular formula is C9H17NO5S. The predicted molar refractivity (Wildman–Crippen MR) is 57.6 cm³/mol. The van der Waals surface area contributed by atoms with Crippen molar-refractivity contribution in [3.8, 4) is 0 Å². The van der Waals surface area contributed by atoms with Gasteiger partial charge in [0.05, 0.1) is 11.9 Å². The Morgan fingerprint density at radius 1 is 1.56 bits per heavy atom. The Morgan fingerprint density at radius 3 is 2.69 bits per heavy atom. The smallest absolute Gasteiger partial charge is 0.318 e. The number of hydrogen-bond donors (Lipinski definition) is 1. The van der Waals surface area contributed by atoms with Crippen LogP contribution in [0.3, 0.4) is 0 Å². The van der Waals surface area contributed by atoms with Crippen LogP contribution < -0.4 is 0 Å². The molecule has 0 aliphatic carbocycles. The van der Waals surface area contributed by atoms with Gasteiger partial charge in [-0.05, 0) is 19.8 Å². The van der Waals surface area contributed by atoms with Gasteiger partial charge in [0.15, 0.2) is 0 Å². The highest BCUT2D eigenvalue weighted by Gasteiger charge is 2.27. The Morgan fingerprint density at radius 2 is 2.25 bits per heavy atom. The molecule has 0 saturated carbocycles. The standard InChI is InChI=1S/C9H17NO5S/c1-2-16(13,14)10(7-9(11)12)6-8-4-3-5-15-8/h8H,2-7H2,1H3,(H,11,12). The second-order valence-corrected chi connectivity index (χ2v) is 5.98. The van der Waals surface area contributed by atoms with E-state index in [2.05, 4.69) is 0 Å². The van der Waals surface area contributed by atoms with Gasteiger partial charge in [-0.25, -0.2) is 8.42 Å². The van der Waals surface area contributed by atoms with E-state index in [1.807, 2.05) is 0 Å². The summed E-state index contributed by atoms with van der Waals surface area (Å²) in [5.74, 6) is -1.23. The molecule has 1 saturated heterocycles. The first-order chi connectivity index (χ1) is 7.45. The van der Waals surface area contributed by atoms with E-state index >= 15 is 0 Å². The zero-order valence-electron chi connectivity index (χ0n) is 9.26. The lowest BCUT2D eigenvalue weighted by molar-refractivity contribution is -0.137. The molecule has 0 bridgehead atoms. The zero-order chi connectivity index (χ0) is 12.2. The number of hydrogen-bond acceptors (Lipinski definition) is 4. The van der Waals surface area contributed by atoms with Gasteiger partial charge in [0, 0.05) is 13.2 Å². The van der Waals surface area contributed by atoms with Gasteiger partial charge in [-0.15, -0.1) is 0 Å². The summed E-state index contributed by atoms with van der Waals surface area (Å²) < 4.78 is 29.6. The Bertz CT molecular complexity index is 334. The number of aliphatic carboxylic acids is 1. The highest BCUT2D eigenvalue weighted by molar-refractivity contribution is 7.89. The summed E-state index contributed by atoms with van der Waals surface area (Å²) in [5, 5.41) is 8.67. The largest absolute Gasteiger partial charge is 0.480 e. The Labute approximate surface area is 95.2 Å². The third kappa shape index (κ3) is 3.73. The summed E-state index contributed by atoms with van der Waals surface area (Å²) in [7, 11) is -3.47. The maximum Gasteiger partial charge on any atom is 0.318 e. The second-order valence-electron chi connectivity index (χ2n) is 3.72. The number of ether oxygens (including phenoxy) is 1. The van der Waals surface area contributed by atoms with Gasteiger partial charge in [-0.1, -0.05) is 0 Å². The number of carbonyl (C=O) groups is 1. The van der Waals surface area contributed by atoms with Gasteiger partial charge < -0.3 is 9.84 Å². The fourth-order valence-corrected chi connectivity index (χ4v) is 2.69. The summed E-state index contributed by atoms with van der Waals surface area (Å²) in [4.78, 5) is 10.6. The van der Waals surface area contributed by atoms with E-state index in [-0.39, 0.29) is 18.4 Å². The summed E-state index contributed by atoms with van der Waals surface area (Å²) >= 11 is 0. The van der Waals surface area contributed by atoms with Gasteiger partial charge in [0.2, 0.25) is 10.0 Å². The minimum Gasteiger partial charge on any atom is -0.480 e. The number of rotatable bonds is 6. The van der Waals surface area contributed by atoms with Crippen LogP contribution in [0.2, 0.25) is 0 Å². The molecule has 1 aliphatic rings. The lowest BCUT2D eigenvalue weighted by atomic mass is 10.2. The van der Waals surface area contributed by atoms with Crippen LogP contribution in [-0.4, -0.2) is 55.4 Å². The molecule has 0 radical (unpaired) electrons. The summed E-state index contributed by atoms with van der Waals surface area (Å²) in [6, 6.07) is 0. The van der Waals surface area contributed by atoms with Crippen LogP contribution in [0.5, 0.6) is 0 Å². The van der Waals surface area contributed by atoms with Crippen molar-refractivity contribution in [2.24, 2.45) is 0 Å². The van der Waals surface area contributed by atoms with Crippen molar-refractivity contribution in [2.75, 3.05) is 25.4 Å². The first kappa shape index (κ1) is 13.4. The molecule has 1 heterocycles. The summed E-state index contributed by atoms with van der Waals surface area (Å²) in [6.45, 7) is 1.77. The van der Waals surface area contributed by atoms with Gasteiger partial charge in [-0.2, -0.15) is 4.31 Å². The third-order valence-electron chi connectivity index (χ3n) is 2.50. The predicted octanol–water partition coefficient (Wildman–Crippen LogP) is -0.0983. The molecule has 94 valence electrons. The SMILES string of the molecule is CCS(=O)(=O)N(CC(=O)O)CC1CCCO1. The number of carboxylic acids is 1. The number of nitrogens with zero attached hydrogens (tertiary/aromatic N) is 1. The minimum absolute atomic E-state index is 0.0903. The monoisotopic (exact) mass is 251 g/mol. The van der Waals surface area contributed by atoms with E-state index in [0.717, 1.165) is 17.1 Å².